The molecule has 1 aliphatic heterocycles. The molecule has 0 saturated carbocycles. The summed E-state index contributed by atoms with van der Waals surface area (Å²) in [4.78, 5) is 22.2. The van der Waals surface area contributed by atoms with Gasteiger partial charge in [0.2, 0.25) is 5.88 Å². The van der Waals surface area contributed by atoms with Gasteiger partial charge in [-0.05, 0) is 12.5 Å². The normalized spacial score (nSPS) is 15.1. The van der Waals surface area contributed by atoms with Crippen LogP contribution < -0.4 is 4.74 Å². The van der Waals surface area contributed by atoms with E-state index in [2.05, 4.69) is 9.97 Å². The lowest BCUT2D eigenvalue weighted by molar-refractivity contribution is 0.0624. The largest absolute Gasteiger partial charge is 0.474 e. The van der Waals surface area contributed by atoms with Crippen molar-refractivity contribution in [2.45, 2.75) is 32.5 Å². The fraction of sp³-hybridized carbons (Fsp3) is 0.389. The summed E-state index contributed by atoms with van der Waals surface area (Å²) in [7, 11) is 0. The number of carbonyl (C=O) groups excluding carboxylic acids is 1. The Morgan fingerprint density at radius 3 is 2.67 bits per heavy atom. The standard InChI is InChI=1S/C18H21N3O3/c1-14-19-10-7-17(20-14)24-16-8-11-21(12-9-16)18(22)23-13-15-5-3-2-4-6-15/h2-7,10,16H,8-9,11-13H2,1H3. The van der Waals surface area contributed by atoms with Crippen molar-refractivity contribution >= 4 is 6.09 Å². The first kappa shape index (κ1) is 16.2. The third-order valence-corrected chi connectivity index (χ3v) is 3.94. The SMILES string of the molecule is Cc1nccc(OC2CCN(C(=O)OCc3ccccc3)CC2)n1. The number of aryl methyl sites for hydroxylation is 1. The number of piperidine rings is 1. The molecule has 2 heterocycles. The van der Waals surface area contributed by atoms with Gasteiger partial charge in [-0.3, -0.25) is 0 Å². The Hall–Kier alpha value is -2.63. The molecule has 0 unspecified atom stereocenters. The highest BCUT2D eigenvalue weighted by Gasteiger charge is 2.25. The molecule has 0 atom stereocenters. The first-order chi connectivity index (χ1) is 11.7. The van der Waals surface area contributed by atoms with Crippen molar-refractivity contribution in [3.63, 3.8) is 0 Å². The van der Waals surface area contributed by atoms with E-state index in [4.69, 9.17) is 9.47 Å². The highest BCUT2D eigenvalue weighted by molar-refractivity contribution is 5.67. The summed E-state index contributed by atoms with van der Waals surface area (Å²) in [5.41, 5.74) is 0.989. The second-order valence-corrected chi connectivity index (χ2v) is 5.79. The number of hydrogen-bond donors (Lipinski definition) is 0. The number of hydrogen-bond acceptors (Lipinski definition) is 5. The van der Waals surface area contributed by atoms with Gasteiger partial charge in [-0.2, -0.15) is 4.98 Å². The van der Waals surface area contributed by atoms with Crippen LogP contribution in [0.2, 0.25) is 0 Å². The van der Waals surface area contributed by atoms with E-state index in [-0.39, 0.29) is 12.2 Å². The Balaban J connectivity index is 1.43. The zero-order valence-corrected chi connectivity index (χ0v) is 13.7. The highest BCUT2D eigenvalue weighted by Crippen LogP contribution is 2.18. The third-order valence-electron chi connectivity index (χ3n) is 3.94. The van der Waals surface area contributed by atoms with Gasteiger partial charge in [-0.15, -0.1) is 0 Å². The summed E-state index contributed by atoms with van der Waals surface area (Å²) in [6.45, 7) is 3.39. The second-order valence-electron chi connectivity index (χ2n) is 5.79. The van der Waals surface area contributed by atoms with Crippen LogP contribution in [0.15, 0.2) is 42.6 Å². The van der Waals surface area contributed by atoms with Crippen LogP contribution in [0.4, 0.5) is 4.79 Å². The Morgan fingerprint density at radius 1 is 1.21 bits per heavy atom. The third kappa shape index (κ3) is 4.44. The van der Waals surface area contributed by atoms with Crippen LogP contribution >= 0.6 is 0 Å². The number of rotatable bonds is 4. The van der Waals surface area contributed by atoms with E-state index >= 15 is 0 Å². The molecule has 2 aromatic rings. The molecule has 24 heavy (non-hydrogen) atoms. The van der Waals surface area contributed by atoms with Crippen molar-refractivity contribution < 1.29 is 14.3 Å². The second kappa shape index (κ2) is 7.77. The molecule has 1 aliphatic rings. The van der Waals surface area contributed by atoms with Crippen molar-refractivity contribution in [1.29, 1.82) is 0 Å². The molecule has 0 bridgehead atoms. The van der Waals surface area contributed by atoms with Gasteiger partial charge >= 0.3 is 6.09 Å². The van der Waals surface area contributed by atoms with Crippen LogP contribution in [-0.2, 0) is 11.3 Å². The summed E-state index contributed by atoms with van der Waals surface area (Å²) >= 11 is 0. The Bertz CT molecular complexity index is 670. The van der Waals surface area contributed by atoms with Crippen LogP contribution in [-0.4, -0.2) is 40.2 Å². The lowest BCUT2D eigenvalue weighted by atomic mass is 10.1. The number of amides is 1. The monoisotopic (exact) mass is 327 g/mol. The predicted octanol–water partition coefficient (Wildman–Crippen LogP) is 2.97. The minimum absolute atomic E-state index is 0.0671. The van der Waals surface area contributed by atoms with Crippen LogP contribution in [0.25, 0.3) is 0 Å². The van der Waals surface area contributed by atoms with Crippen molar-refractivity contribution in [1.82, 2.24) is 14.9 Å². The molecule has 0 aliphatic carbocycles. The number of likely N-dealkylation sites (tertiary alicyclic amines) is 1. The first-order valence-electron chi connectivity index (χ1n) is 8.12. The predicted molar refractivity (Wildman–Crippen MR) is 88.6 cm³/mol. The van der Waals surface area contributed by atoms with Crippen LogP contribution in [0.3, 0.4) is 0 Å². The van der Waals surface area contributed by atoms with E-state index in [0.717, 1.165) is 18.4 Å². The van der Waals surface area contributed by atoms with E-state index < -0.39 is 0 Å². The maximum Gasteiger partial charge on any atom is 0.410 e. The molecule has 6 nitrogen and oxygen atoms in total. The minimum Gasteiger partial charge on any atom is -0.474 e. The molecule has 0 N–H and O–H groups in total. The van der Waals surface area contributed by atoms with Gasteiger partial charge < -0.3 is 14.4 Å². The zero-order chi connectivity index (χ0) is 16.8. The number of carbonyl (C=O) groups is 1. The van der Waals surface area contributed by atoms with Gasteiger partial charge in [0.25, 0.3) is 0 Å². The molecule has 1 fully saturated rings. The molecule has 126 valence electrons. The fourth-order valence-corrected chi connectivity index (χ4v) is 2.64. The molecular weight excluding hydrogens is 306 g/mol. The van der Waals surface area contributed by atoms with Crippen molar-refractivity contribution in [3.8, 4) is 5.88 Å². The van der Waals surface area contributed by atoms with Crippen LogP contribution in [0.1, 0.15) is 24.2 Å². The van der Waals surface area contributed by atoms with Crippen molar-refractivity contribution in [2.75, 3.05) is 13.1 Å². The lowest BCUT2D eigenvalue weighted by Crippen LogP contribution is -2.42. The van der Waals surface area contributed by atoms with Gasteiger partial charge in [0, 0.05) is 38.2 Å². The Morgan fingerprint density at radius 2 is 1.96 bits per heavy atom. The smallest absolute Gasteiger partial charge is 0.410 e. The highest BCUT2D eigenvalue weighted by atomic mass is 16.6. The zero-order valence-electron chi connectivity index (χ0n) is 13.7. The summed E-state index contributed by atoms with van der Waals surface area (Å²) in [5, 5.41) is 0. The van der Waals surface area contributed by atoms with Gasteiger partial charge in [-0.1, -0.05) is 30.3 Å². The number of aromatic nitrogens is 2. The molecule has 1 amide bonds. The fourth-order valence-electron chi connectivity index (χ4n) is 2.64. The molecule has 1 aromatic carbocycles. The van der Waals surface area contributed by atoms with E-state index in [0.29, 0.717) is 31.4 Å². The summed E-state index contributed by atoms with van der Waals surface area (Å²) in [6.07, 6.45) is 3.02. The molecular formula is C18H21N3O3. The van der Waals surface area contributed by atoms with Crippen molar-refractivity contribution in [3.05, 3.63) is 54.0 Å². The lowest BCUT2D eigenvalue weighted by Gasteiger charge is -2.31. The average Bonchev–Trinajstić information content (AvgIpc) is 2.61. The van der Waals surface area contributed by atoms with Crippen LogP contribution in [0.5, 0.6) is 5.88 Å². The van der Waals surface area contributed by atoms with E-state index in [1.807, 2.05) is 37.3 Å². The summed E-state index contributed by atoms with van der Waals surface area (Å²) < 4.78 is 11.2. The Labute approximate surface area is 141 Å². The van der Waals surface area contributed by atoms with E-state index in [1.54, 1.807) is 17.2 Å². The van der Waals surface area contributed by atoms with Gasteiger partial charge in [0.05, 0.1) is 0 Å². The Kier molecular flexibility index (Phi) is 5.25. The maximum absolute atomic E-state index is 12.1. The topological polar surface area (TPSA) is 64.5 Å². The molecule has 3 rings (SSSR count). The van der Waals surface area contributed by atoms with E-state index in [9.17, 15) is 4.79 Å². The molecule has 0 radical (unpaired) electrons. The summed E-state index contributed by atoms with van der Waals surface area (Å²) in [5.74, 6) is 1.28. The minimum atomic E-state index is -0.268. The summed E-state index contributed by atoms with van der Waals surface area (Å²) in [6, 6.07) is 11.4. The number of benzene rings is 1. The maximum atomic E-state index is 12.1. The molecule has 0 spiro atoms. The molecule has 1 saturated heterocycles. The van der Waals surface area contributed by atoms with Crippen molar-refractivity contribution in [2.24, 2.45) is 0 Å². The average molecular weight is 327 g/mol. The quantitative estimate of drug-likeness (QED) is 0.864. The van der Waals surface area contributed by atoms with Crippen LogP contribution in [0, 0.1) is 6.92 Å². The molecule has 6 heteroatoms. The number of ether oxygens (including phenoxy) is 2. The molecule has 1 aromatic heterocycles. The van der Waals surface area contributed by atoms with Gasteiger partial charge in [0.15, 0.2) is 0 Å². The van der Waals surface area contributed by atoms with E-state index in [1.165, 1.54) is 0 Å². The first-order valence-corrected chi connectivity index (χ1v) is 8.12. The van der Waals surface area contributed by atoms with Gasteiger partial charge in [0.1, 0.15) is 18.5 Å². The number of nitrogens with zero attached hydrogens (tertiary/aromatic N) is 3. The van der Waals surface area contributed by atoms with Gasteiger partial charge in [-0.25, -0.2) is 9.78 Å².